The van der Waals surface area contributed by atoms with E-state index < -0.39 is 0 Å². The first-order valence-corrected chi connectivity index (χ1v) is 6.22. The average molecular weight is 247 g/mol. The molecule has 0 N–H and O–H groups in total. The molecule has 0 aliphatic rings. The lowest BCUT2D eigenvalue weighted by molar-refractivity contribution is 0.986. The number of pyridine rings is 1. The summed E-state index contributed by atoms with van der Waals surface area (Å²) in [5.74, 6) is 1.46. The molecule has 0 amide bonds. The zero-order valence-corrected chi connectivity index (χ0v) is 10.6. The van der Waals surface area contributed by atoms with Gasteiger partial charge in [-0.2, -0.15) is 0 Å². The number of nitrogens with zero attached hydrogens (tertiary/aromatic N) is 2. The van der Waals surface area contributed by atoms with Crippen molar-refractivity contribution in [1.82, 2.24) is 4.98 Å². The fraction of sp³-hybridized carbons (Fsp3) is 0.214. The van der Waals surface area contributed by atoms with E-state index in [9.17, 15) is 0 Å². The highest BCUT2D eigenvalue weighted by atomic mass is 35.5. The van der Waals surface area contributed by atoms with Crippen LogP contribution in [0.1, 0.15) is 12.5 Å². The van der Waals surface area contributed by atoms with Crippen LogP contribution in [-0.4, -0.2) is 11.5 Å². The number of rotatable bonds is 4. The lowest BCUT2D eigenvalue weighted by Gasteiger charge is -2.22. The van der Waals surface area contributed by atoms with Gasteiger partial charge >= 0.3 is 0 Å². The number of para-hydroxylation sites is 1. The Balaban J connectivity index is 2.29. The second kappa shape index (κ2) is 5.69. The SMILES string of the molecule is CCN(c1ccccc1)c1ccc(CCl)cn1. The highest BCUT2D eigenvalue weighted by molar-refractivity contribution is 6.17. The Morgan fingerprint density at radius 2 is 1.88 bits per heavy atom. The second-order valence-corrected chi connectivity index (χ2v) is 4.01. The zero-order chi connectivity index (χ0) is 12.1. The van der Waals surface area contributed by atoms with Gasteiger partial charge in [0.25, 0.3) is 0 Å². The second-order valence-electron chi connectivity index (χ2n) is 3.74. The van der Waals surface area contributed by atoms with Crippen LogP contribution in [-0.2, 0) is 5.88 Å². The molecule has 2 aromatic rings. The summed E-state index contributed by atoms with van der Waals surface area (Å²) in [6.45, 7) is 3.00. The van der Waals surface area contributed by atoms with E-state index in [0.717, 1.165) is 23.6 Å². The molecule has 2 nitrogen and oxygen atoms in total. The summed E-state index contributed by atoms with van der Waals surface area (Å²) in [4.78, 5) is 6.60. The largest absolute Gasteiger partial charge is 0.327 e. The molecule has 0 saturated heterocycles. The van der Waals surface area contributed by atoms with Crippen LogP contribution in [0.25, 0.3) is 0 Å². The van der Waals surface area contributed by atoms with Gasteiger partial charge in [-0.15, -0.1) is 11.6 Å². The summed E-state index contributed by atoms with van der Waals surface area (Å²) in [5, 5.41) is 0. The molecule has 0 atom stereocenters. The standard InChI is InChI=1S/C14H15ClN2/c1-2-17(13-6-4-3-5-7-13)14-9-8-12(10-15)11-16-14/h3-9,11H,2,10H2,1H3. The van der Waals surface area contributed by atoms with Crippen LogP contribution in [0.2, 0.25) is 0 Å². The van der Waals surface area contributed by atoms with Gasteiger partial charge in [0.1, 0.15) is 5.82 Å². The topological polar surface area (TPSA) is 16.1 Å². The Labute approximate surface area is 107 Å². The number of benzene rings is 1. The Hall–Kier alpha value is -1.54. The van der Waals surface area contributed by atoms with Gasteiger partial charge in [0.05, 0.1) is 0 Å². The van der Waals surface area contributed by atoms with E-state index in [2.05, 4.69) is 28.9 Å². The summed E-state index contributed by atoms with van der Waals surface area (Å²) in [7, 11) is 0. The van der Waals surface area contributed by atoms with Gasteiger partial charge < -0.3 is 4.90 Å². The van der Waals surface area contributed by atoms with Gasteiger partial charge in [-0.25, -0.2) is 4.98 Å². The van der Waals surface area contributed by atoms with Crippen molar-refractivity contribution >= 4 is 23.1 Å². The molecule has 0 fully saturated rings. The molecule has 1 aromatic carbocycles. The molecule has 2 rings (SSSR count). The fourth-order valence-corrected chi connectivity index (χ4v) is 1.90. The predicted octanol–water partition coefficient (Wildman–Crippen LogP) is 3.98. The molecule has 0 aliphatic heterocycles. The normalized spacial score (nSPS) is 10.2. The average Bonchev–Trinajstić information content (AvgIpc) is 2.42. The first kappa shape index (κ1) is 11.9. The maximum absolute atomic E-state index is 5.76. The van der Waals surface area contributed by atoms with Gasteiger partial charge in [-0.05, 0) is 30.7 Å². The zero-order valence-electron chi connectivity index (χ0n) is 9.81. The van der Waals surface area contributed by atoms with Gasteiger partial charge in [0, 0.05) is 24.3 Å². The van der Waals surface area contributed by atoms with Crippen molar-refractivity contribution in [3.8, 4) is 0 Å². The number of anilines is 2. The first-order valence-electron chi connectivity index (χ1n) is 5.68. The number of hydrogen-bond donors (Lipinski definition) is 0. The van der Waals surface area contributed by atoms with Gasteiger partial charge in [0.2, 0.25) is 0 Å². The first-order chi connectivity index (χ1) is 8.35. The molecular weight excluding hydrogens is 232 g/mol. The van der Waals surface area contributed by atoms with Crippen molar-refractivity contribution in [1.29, 1.82) is 0 Å². The van der Waals surface area contributed by atoms with Gasteiger partial charge in [-0.3, -0.25) is 0 Å². The minimum atomic E-state index is 0.505. The molecule has 3 heteroatoms. The minimum absolute atomic E-state index is 0.505. The molecule has 1 aromatic heterocycles. The lowest BCUT2D eigenvalue weighted by Crippen LogP contribution is -2.17. The van der Waals surface area contributed by atoms with Crippen molar-refractivity contribution < 1.29 is 0 Å². The maximum atomic E-state index is 5.76. The van der Waals surface area contributed by atoms with E-state index in [4.69, 9.17) is 11.6 Å². The van der Waals surface area contributed by atoms with E-state index in [1.165, 1.54) is 0 Å². The maximum Gasteiger partial charge on any atom is 0.132 e. The van der Waals surface area contributed by atoms with Crippen molar-refractivity contribution in [2.24, 2.45) is 0 Å². The monoisotopic (exact) mass is 246 g/mol. The number of halogens is 1. The molecule has 0 unspecified atom stereocenters. The predicted molar refractivity (Wildman–Crippen MR) is 72.9 cm³/mol. The van der Waals surface area contributed by atoms with Gasteiger partial charge in [0.15, 0.2) is 0 Å². The summed E-state index contributed by atoms with van der Waals surface area (Å²) in [5.41, 5.74) is 2.20. The van der Waals surface area contributed by atoms with Crippen LogP contribution >= 0.6 is 11.6 Å². The third-order valence-electron chi connectivity index (χ3n) is 2.62. The van der Waals surface area contributed by atoms with Crippen molar-refractivity contribution in [3.05, 3.63) is 54.2 Å². The van der Waals surface area contributed by atoms with Crippen LogP contribution in [0.15, 0.2) is 48.7 Å². The lowest BCUT2D eigenvalue weighted by atomic mass is 10.2. The van der Waals surface area contributed by atoms with Crippen LogP contribution in [0.5, 0.6) is 0 Å². The van der Waals surface area contributed by atoms with Gasteiger partial charge in [-0.1, -0.05) is 24.3 Å². The molecular formula is C14H15ClN2. The fourth-order valence-electron chi connectivity index (χ4n) is 1.74. The van der Waals surface area contributed by atoms with Crippen LogP contribution in [0.4, 0.5) is 11.5 Å². The van der Waals surface area contributed by atoms with E-state index in [1.54, 1.807) is 0 Å². The molecule has 0 aliphatic carbocycles. The smallest absolute Gasteiger partial charge is 0.132 e. The Bertz CT molecular complexity index is 453. The van der Waals surface area contributed by atoms with Crippen LogP contribution in [0, 0.1) is 0 Å². The summed E-state index contributed by atoms with van der Waals surface area (Å²) in [6.07, 6.45) is 1.83. The van der Waals surface area contributed by atoms with Crippen molar-refractivity contribution in [2.45, 2.75) is 12.8 Å². The Morgan fingerprint density at radius 1 is 1.12 bits per heavy atom. The molecule has 17 heavy (non-hydrogen) atoms. The third-order valence-corrected chi connectivity index (χ3v) is 2.93. The Kier molecular flexibility index (Phi) is 3.99. The highest BCUT2D eigenvalue weighted by Gasteiger charge is 2.07. The molecule has 0 radical (unpaired) electrons. The highest BCUT2D eigenvalue weighted by Crippen LogP contribution is 2.22. The van der Waals surface area contributed by atoms with E-state index in [-0.39, 0.29) is 0 Å². The number of hydrogen-bond acceptors (Lipinski definition) is 2. The van der Waals surface area contributed by atoms with Crippen molar-refractivity contribution in [3.63, 3.8) is 0 Å². The van der Waals surface area contributed by atoms with Crippen LogP contribution in [0.3, 0.4) is 0 Å². The summed E-state index contributed by atoms with van der Waals surface area (Å²) >= 11 is 5.76. The number of alkyl halides is 1. The van der Waals surface area contributed by atoms with E-state index in [1.807, 2.05) is 36.5 Å². The Morgan fingerprint density at radius 3 is 2.41 bits per heavy atom. The molecule has 0 saturated carbocycles. The van der Waals surface area contributed by atoms with Crippen molar-refractivity contribution in [2.75, 3.05) is 11.4 Å². The van der Waals surface area contributed by atoms with E-state index >= 15 is 0 Å². The third kappa shape index (κ3) is 2.77. The number of aromatic nitrogens is 1. The minimum Gasteiger partial charge on any atom is -0.327 e. The summed E-state index contributed by atoms with van der Waals surface area (Å²) < 4.78 is 0. The van der Waals surface area contributed by atoms with E-state index in [0.29, 0.717) is 5.88 Å². The van der Waals surface area contributed by atoms with Crippen LogP contribution < -0.4 is 4.90 Å². The molecule has 88 valence electrons. The summed E-state index contributed by atoms with van der Waals surface area (Å²) in [6, 6.07) is 14.3. The molecule has 1 heterocycles. The quantitative estimate of drug-likeness (QED) is 0.759. The molecule has 0 bridgehead atoms. The molecule has 0 spiro atoms.